The van der Waals surface area contributed by atoms with Crippen LogP contribution in [0.4, 0.5) is 0 Å². The van der Waals surface area contributed by atoms with Crippen molar-refractivity contribution in [2.75, 3.05) is 0 Å². The molecule has 31 heavy (non-hydrogen) atoms. The number of rotatable bonds is 3. The average Bonchev–Trinajstić information content (AvgIpc) is 3.26. The molecule has 0 saturated carbocycles. The normalized spacial score (nSPS) is 15.1. The van der Waals surface area contributed by atoms with Gasteiger partial charge in [0.25, 0.3) is 0 Å². The Morgan fingerprint density at radius 1 is 1.00 bits per heavy atom. The van der Waals surface area contributed by atoms with Crippen molar-refractivity contribution in [2.45, 2.75) is 60.6 Å². The minimum atomic E-state index is 0.210. The molecule has 0 spiro atoms. The first kappa shape index (κ1) is 25.9. The van der Waals surface area contributed by atoms with Gasteiger partial charge in [0.15, 0.2) is 0 Å². The van der Waals surface area contributed by atoms with Crippen molar-refractivity contribution in [3.05, 3.63) is 89.0 Å². The number of benzene rings is 2. The number of allylic oxidation sites excluding steroid dienone is 4. The van der Waals surface area contributed by atoms with Crippen LogP contribution in [0.3, 0.4) is 0 Å². The van der Waals surface area contributed by atoms with E-state index in [0.29, 0.717) is 5.92 Å². The van der Waals surface area contributed by atoms with E-state index in [9.17, 15) is 0 Å². The zero-order valence-electron chi connectivity index (χ0n) is 20.3. The van der Waals surface area contributed by atoms with Crippen LogP contribution in [0.25, 0.3) is 21.9 Å². The predicted octanol–water partition coefficient (Wildman–Crippen LogP) is 8.68. The molecule has 1 atom stereocenters. The summed E-state index contributed by atoms with van der Waals surface area (Å²) < 4.78 is 0. The Bertz CT molecular complexity index is 1060. The molecule has 1 aliphatic carbocycles. The first-order chi connectivity index (χ1) is 14.7. The molecule has 3 aromatic rings. The van der Waals surface area contributed by atoms with Crippen LogP contribution in [0, 0.1) is 12.0 Å². The molecule has 0 heterocycles. The molecule has 3 aromatic carbocycles. The maximum atomic E-state index is 3.36. The molecule has 0 bridgehead atoms. The fraction of sp³-hybridized carbons (Fsp3) is 0.345. The van der Waals surface area contributed by atoms with Crippen molar-refractivity contribution in [2.24, 2.45) is 5.92 Å². The summed E-state index contributed by atoms with van der Waals surface area (Å²) in [6, 6.07) is 22.0. The third-order valence-electron chi connectivity index (χ3n) is 5.72. The van der Waals surface area contributed by atoms with Crippen LogP contribution in [0.15, 0.2) is 77.4 Å². The van der Waals surface area contributed by atoms with E-state index in [4.69, 9.17) is 0 Å². The van der Waals surface area contributed by atoms with Crippen LogP contribution in [0.1, 0.15) is 46.6 Å². The van der Waals surface area contributed by atoms with Crippen molar-refractivity contribution in [3.63, 3.8) is 0 Å². The van der Waals surface area contributed by atoms with Gasteiger partial charge in [-0.3, -0.25) is 6.08 Å². The Hall–Kier alpha value is -1.37. The number of hydrogen-bond acceptors (Lipinski definition) is 0. The quantitative estimate of drug-likeness (QED) is 0.248. The van der Waals surface area contributed by atoms with Crippen LogP contribution in [-0.2, 0) is 29.8 Å². The van der Waals surface area contributed by atoms with Gasteiger partial charge in [-0.05, 0) is 12.0 Å². The molecule has 0 amide bonds. The summed E-state index contributed by atoms with van der Waals surface area (Å²) >= 11 is 1.74. The Kier molecular flexibility index (Phi) is 10.5. The molecule has 0 nitrogen and oxygen atoms in total. The first-order valence-corrected chi connectivity index (χ1v) is 17.5. The van der Waals surface area contributed by atoms with Gasteiger partial charge >= 0.3 is 41.9 Å². The molecular formula is C29H36SiZr. The van der Waals surface area contributed by atoms with Gasteiger partial charge in [-0.1, -0.05) is 75.9 Å². The van der Waals surface area contributed by atoms with Crippen molar-refractivity contribution in [3.8, 4) is 11.1 Å². The van der Waals surface area contributed by atoms with Crippen molar-refractivity contribution >= 4 is 16.2 Å². The molecule has 0 fully saturated rings. The van der Waals surface area contributed by atoms with Gasteiger partial charge in [-0.25, -0.2) is 5.57 Å². The molecule has 4 rings (SSSR count). The van der Waals surface area contributed by atoms with Gasteiger partial charge in [0.05, 0.1) is 0 Å². The monoisotopic (exact) mass is 502 g/mol. The third kappa shape index (κ3) is 7.62. The fourth-order valence-corrected chi connectivity index (χ4v) is 3.70. The number of hydrogen-bond donors (Lipinski definition) is 0. The Morgan fingerprint density at radius 2 is 1.61 bits per heavy atom. The van der Waals surface area contributed by atoms with Crippen LogP contribution < -0.4 is 0 Å². The van der Waals surface area contributed by atoms with E-state index in [0.717, 1.165) is 0 Å². The van der Waals surface area contributed by atoms with Crippen molar-refractivity contribution in [1.29, 1.82) is 0 Å². The van der Waals surface area contributed by atoms with Gasteiger partial charge in [-0.2, -0.15) is 11.1 Å². The summed E-state index contributed by atoms with van der Waals surface area (Å²) in [4.78, 5) is 0. The maximum absolute atomic E-state index is 3.36. The van der Waals surface area contributed by atoms with E-state index >= 15 is 0 Å². The second-order valence-electron chi connectivity index (χ2n) is 8.58. The van der Waals surface area contributed by atoms with E-state index in [1.165, 1.54) is 57.0 Å². The van der Waals surface area contributed by atoms with Crippen molar-refractivity contribution in [1.82, 2.24) is 0 Å². The third-order valence-corrected chi connectivity index (χ3v) is 5.72. The molecule has 0 aromatic heterocycles. The topological polar surface area (TPSA) is 0 Å². The zero-order valence-corrected chi connectivity index (χ0v) is 23.7. The minimum absolute atomic E-state index is 0.210. The fourth-order valence-electron chi connectivity index (χ4n) is 3.70. The van der Waals surface area contributed by atoms with Gasteiger partial charge in [0, 0.05) is 0 Å². The van der Waals surface area contributed by atoms with E-state index in [2.05, 4.69) is 114 Å². The summed E-state index contributed by atoms with van der Waals surface area (Å²) in [6.07, 6.45) is 5.73. The molecule has 160 valence electrons. The average molecular weight is 504 g/mol. The molecule has 0 aliphatic heterocycles. The summed E-state index contributed by atoms with van der Waals surface area (Å²) in [5.74, 6) is 0.560. The zero-order chi connectivity index (χ0) is 23.0. The summed E-state index contributed by atoms with van der Waals surface area (Å²) in [6.45, 7) is 15.5. The summed E-state index contributed by atoms with van der Waals surface area (Å²) in [5, 5.41) is 2.67. The van der Waals surface area contributed by atoms with Gasteiger partial charge in [-0.15, -0.1) is 53.6 Å². The molecule has 0 N–H and O–H groups in total. The van der Waals surface area contributed by atoms with Crippen LogP contribution >= 0.6 is 0 Å². The van der Waals surface area contributed by atoms with Gasteiger partial charge in [0.2, 0.25) is 0 Å². The molecular weight excluding hydrogens is 468 g/mol. The molecule has 1 unspecified atom stereocenters. The van der Waals surface area contributed by atoms with E-state index < -0.39 is 0 Å². The molecule has 2 heteroatoms. The van der Waals surface area contributed by atoms with Crippen molar-refractivity contribution < 1.29 is 23.3 Å². The predicted molar refractivity (Wildman–Crippen MR) is 136 cm³/mol. The standard InChI is InChI=1S/C18H17.C9H13.C2H6Si.Zr/c1-2-5-14-8-10-16(11-9-14)18-13-12-15-6-3-4-7-17(15)18;1-6-5-7(2)9(4)8(6)3;1-3-2;/h3-4,6-13H,2,5H2,1H3;6H,1-4H3;1-2H3;/q2*-1;;+2. The van der Waals surface area contributed by atoms with E-state index in [1.54, 1.807) is 23.3 Å². The summed E-state index contributed by atoms with van der Waals surface area (Å²) in [5.41, 5.74) is 8.54. The van der Waals surface area contributed by atoms with Gasteiger partial charge < -0.3 is 0 Å². The number of fused-ring (bicyclic) bond motifs is 1. The molecule has 0 saturated heterocycles. The van der Waals surface area contributed by atoms with Crippen LogP contribution in [0.2, 0.25) is 13.1 Å². The summed E-state index contributed by atoms with van der Waals surface area (Å²) in [7, 11) is 0. The van der Waals surface area contributed by atoms with E-state index in [1.807, 2.05) is 0 Å². The number of aryl methyl sites for hydroxylation is 1. The first-order valence-electron chi connectivity index (χ1n) is 11.3. The second-order valence-corrected chi connectivity index (χ2v) is 18.0. The molecule has 1 aliphatic rings. The SMILES string of the molecule is CC1=[C-]C(C)C(C)=C1C.CCCc1ccc(-c2c[cH-]c3ccccc23)cc1.C[Si](C)=[Zr+2]. The second kappa shape index (κ2) is 12.6. The van der Waals surface area contributed by atoms with Crippen LogP contribution in [-0.4, -0.2) is 5.43 Å². The Morgan fingerprint density at radius 3 is 2.10 bits per heavy atom. The van der Waals surface area contributed by atoms with Crippen LogP contribution in [0.5, 0.6) is 0 Å². The Balaban J connectivity index is 0.000000220. The van der Waals surface area contributed by atoms with E-state index in [-0.39, 0.29) is 5.43 Å². The van der Waals surface area contributed by atoms with Gasteiger partial charge in [0.1, 0.15) is 0 Å². The molecule has 0 radical (unpaired) electrons. The Labute approximate surface area is 205 Å².